The SMILES string of the molecule is O=C(NC1CC1)[C@@H](c1ccccc1)[NH+]1CC[NH+](C/C=C/c2ccccc2)CC1. The molecule has 2 aromatic rings. The predicted octanol–water partition coefficient (Wildman–Crippen LogP) is 0.503. The molecule has 2 aliphatic rings. The van der Waals surface area contributed by atoms with Gasteiger partial charge in [0.1, 0.15) is 26.2 Å². The molecule has 4 rings (SSSR count). The van der Waals surface area contributed by atoms with E-state index in [0.29, 0.717) is 6.04 Å². The van der Waals surface area contributed by atoms with Gasteiger partial charge in [-0.05, 0) is 24.5 Å². The highest BCUT2D eigenvalue weighted by Crippen LogP contribution is 2.20. The summed E-state index contributed by atoms with van der Waals surface area (Å²) in [6, 6.07) is 21.1. The molecule has 1 atom stereocenters. The average Bonchev–Trinajstić information content (AvgIpc) is 3.55. The normalized spacial score (nSPS) is 23.4. The van der Waals surface area contributed by atoms with Gasteiger partial charge >= 0.3 is 0 Å². The Labute approximate surface area is 167 Å². The number of carbonyl (C=O) groups is 1. The Balaban J connectivity index is 1.34. The molecule has 28 heavy (non-hydrogen) atoms. The van der Waals surface area contributed by atoms with Crippen LogP contribution in [0, 0.1) is 0 Å². The third-order valence-corrected chi connectivity index (χ3v) is 5.84. The molecular weight excluding hydrogens is 346 g/mol. The molecule has 0 aromatic heterocycles. The number of amides is 1. The van der Waals surface area contributed by atoms with Crippen molar-refractivity contribution in [2.45, 2.75) is 24.9 Å². The van der Waals surface area contributed by atoms with Crippen molar-refractivity contribution in [3.8, 4) is 0 Å². The highest BCUT2D eigenvalue weighted by Gasteiger charge is 2.37. The van der Waals surface area contributed by atoms with Gasteiger partial charge in [0.25, 0.3) is 5.91 Å². The summed E-state index contributed by atoms with van der Waals surface area (Å²) in [5, 5.41) is 3.24. The van der Waals surface area contributed by atoms with Crippen molar-refractivity contribution in [3.05, 3.63) is 77.9 Å². The van der Waals surface area contributed by atoms with E-state index in [4.69, 9.17) is 0 Å². The molecule has 0 bridgehead atoms. The summed E-state index contributed by atoms with van der Waals surface area (Å²) in [4.78, 5) is 16.0. The fourth-order valence-corrected chi connectivity index (χ4v) is 4.07. The van der Waals surface area contributed by atoms with Gasteiger partial charge in [-0.3, -0.25) is 4.79 Å². The molecule has 2 aromatic carbocycles. The van der Waals surface area contributed by atoms with Crippen molar-refractivity contribution in [3.63, 3.8) is 0 Å². The number of carbonyl (C=O) groups excluding carboxylic acids is 1. The number of hydrogen-bond donors (Lipinski definition) is 3. The largest absolute Gasteiger partial charge is 0.348 e. The highest BCUT2D eigenvalue weighted by atomic mass is 16.2. The van der Waals surface area contributed by atoms with E-state index in [2.05, 4.69) is 53.9 Å². The third kappa shape index (κ3) is 5.09. The van der Waals surface area contributed by atoms with Crippen molar-refractivity contribution in [2.75, 3.05) is 32.7 Å². The summed E-state index contributed by atoms with van der Waals surface area (Å²) in [6.07, 6.45) is 6.76. The van der Waals surface area contributed by atoms with Crippen LogP contribution in [0.2, 0.25) is 0 Å². The lowest BCUT2D eigenvalue weighted by Gasteiger charge is -2.33. The Kier molecular flexibility index (Phi) is 6.20. The van der Waals surface area contributed by atoms with Gasteiger partial charge in [0.2, 0.25) is 0 Å². The minimum Gasteiger partial charge on any atom is -0.348 e. The van der Waals surface area contributed by atoms with Crippen LogP contribution in [-0.4, -0.2) is 44.7 Å². The number of nitrogens with one attached hydrogen (secondary N) is 3. The number of benzene rings is 2. The lowest BCUT2D eigenvalue weighted by Crippen LogP contribution is -3.28. The smallest absolute Gasteiger partial charge is 0.283 e. The van der Waals surface area contributed by atoms with Crippen LogP contribution in [0.4, 0.5) is 0 Å². The van der Waals surface area contributed by atoms with Gasteiger partial charge in [0.15, 0.2) is 6.04 Å². The minimum atomic E-state index is -0.0804. The second-order valence-electron chi connectivity index (χ2n) is 8.05. The lowest BCUT2D eigenvalue weighted by atomic mass is 10.0. The first-order valence-corrected chi connectivity index (χ1v) is 10.5. The Hall–Kier alpha value is -2.43. The monoisotopic (exact) mass is 377 g/mol. The quantitative estimate of drug-likeness (QED) is 0.646. The zero-order valence-electron chi connectivity index (χ0n) is 16.4. The van der Waals surface area contributed by atoms with Crippen molar-refractivity contribution < 1.29 is 14.6 Å². The van der Waals surface area contributed by atoms with Crippen LogP contribution < -0.4 is 15.1 Å². The third-order valence-electron chi connectivity index (χ3n) is 5.84. The molecule has 1 amide bonds. The molecule has 2 fully saturated rings. The van der Waals surface area contributed by atoms with E-state index < -0.39 is 0 Å². The van der Waals surface area contributed by atoms with Gasteiger partial charge < -0.3 is 15.1 Å². The van der Waals surface area contributed by atoms with Crippen LogP contribution in [0.1, 0.15) is 30.0 Å². The Morgan fingerprint density at radius 3 is 2.25 bits per heavy atom. The van der Waals surface area contributed by atoms with E-state index in [1.54, 1.807) is 4.90 Å². The second kappa shape index (κ2) is 9.18. The van der Waals surface area contributed by atoms with Crippen molar-refractivity contribution >= 4 is 12.0 Å². The Bertz CT molecular complexity index is 778. The van der Waals surface area contributed by atoms with E-state index in [0.717, 1.165) is 51.1 Å². The molecule has 1 saturated carbocycles. The molecule has 1 heterocycles. The molecule has 146 valence electrons. The summed E-state index contributed by atoms with van der Waals surface area (Å²) in [5.74, 6) is 0.205. The van der Waals surface area contributed by atoms with E-state index in [-0.39, 0.29) is 11.9 Å². The highest BCUT2D eigenvalue weighted by molar-refractivity contribution is 5.82. The number of piperazine rings is 1. The molecule has 4 heteroatoms. The maximum absolute atomic E-state index is 13.0. The van der Waals surface area contributed by atoms with E-state index >= 15 is 0 Å². The topological polar surface area (TPSA) is 38.0 Å². The number of rotatable bonds is 7. The van der Waals surface area contributed by atoms with Gasteiger partial charge in [-0.1, -0.05) is 66.7 Å². The fourth-order valence-electron chi connectivity index (χ4n) is 4.07. The molecular formula is C24H31N3O+2. The van der Waals surface area contributed by atoms with Gasteiger partial charge in [0, 0.05) is 11.6 Å². The second-order valence-corrected chi connectivity index (χ2v) is 8.05. The first kappa shape index (κ1) is 18.9. The van der Waals surface area contributed by atoms with E-state index in [1.807, 2.05) is 24.3 Å². The van der Waals surface area contributed by atoms with Crippen molar-refractivity contribution in [1.29, 1.82) is 0 Å². The molecule has 4 nitrogen and oxygen atoms in total. The molecule has 3 N–H and O–H groups in total. The van der Waals surface area contributed by atoms with Gasteiger partial charge in [0.05, 0.1) is 6.54 Å². The maximum Gasteiger partial charge on any atom is 0.283 e. The van der Waals surface area contributed by atoms with E-state index in [1.165, 1.54) is 10.5 Å². The summed E-state index contributed by atoms with van der Waals surface area (Å²) in [7, 11) is 0. The fraction of sp³-hybridized carbons (Fsp3) is 0.375. The van der Waals surface area contributed by atoms with Crippen LogP contribution in [0.3, 0.4) is 0 Å². The molecule has 1 aliphatic heterocycles. The summed E-state index contributed by atoms with van der Waals surface area (Å²) < 4.78 is 0. The van der Waals surface area contributed by atoms with Crippen molar-refractivity contribution in [1.82, 2.24) is 5.32 Å². The van der Waals surface area contributed by atoms with Crippen LogP contribution in [0.15, 0.2) is 66.7 Å². The van der Waals surface area contributed by atoms with Gasteiger partial charge in [-0.25, -0.2) is 0 Å². The van der Waals surface area contributed by atoms with Gasteiger partial charge in [-0.2, -0.15) is 0 Å². The van der Waals surface area contributed by atoms with Crippen LogP contribution >= 0.6 is 0 Å². The van der Waals surface area contributed by atoms with Crippen LogP contribution in [0.5, 0.6) is 0 Å². The van der Waals surface area contributed by atoms with Crippen molar-refractivity contribution in [2.24, 2.45) is 0 Å². The van der Waals surface area contributed by atoms with Crippen LogP contribution in [0.25, 0.3) is 6.08 Å². The Morgan fingerprint density at radius 1 is 0.964 bits per heavy atom. The molecule has 0 unspecified atom stereocenters. The summed E-state index contributed by atoms with van der Waals surface area (Å²) >= 11 is 0. The molecule has 0 spiro atoms. The number of quaternary nitrogens is 2. The first-order chi connectivity index (χ1) is 13.8. The molecule has 0 radical (unpaired) electrons. The molecule has 1 aliphatic carbocycles. The Morgan fingerprint density at radius 2 is 1.61 bits per heavy atom. The zero-order chi connectivity index (χ0) is 19.2. The standard InChI is InChI=1S/C24H29N3O/c28-24(25-22-13-14-22)23(21-11-5-2-6-12-21)27-18-16-26(17-19-27)15-7-10-20-8-3-1-4-9-20/h1-12,22-23H,13-19H2,(H,25,28)/p+2/b10-7+/t23-/m1/s1. The first-order valence-electron chi connectivity index (χ1n) is 10.5. The van der Waals surface area contributed by atoms with E-state index in [9.17, 15) is 4.79 Å². The van der Waals surface area contributed by atoms with Crippen LogP contribution in [-0.2, 0) is 4.79 Å². The summed E-state index contributed by atoms with van der Waals surface area (Å²) in [6.45, 7) is 5.33. The predicted molar refractivity (Wildman–Crippen MR) is 112 cm³/mol. The lowest BCUT2D eigenvalue weighted by molar-refractivity contribution is -1.02. The summed E-state index contributed by atoms with van der Waals surface area (Å²) in [5.41, 5.74) is 2.40. The minimum absolute atomic E-state index is 0.0804. The number of hydrogen-bond acceptors (Lipinski definition) is 1. The zero-order valence-corrected chi connectivity index (χ0v) is 16.4. The maximum atomic E-state index is 13.0. The molecule has 1 saturated heterocycles. The van der Waals surface area contributed by atoms with Gasteiger partial charge in [-0.15, -0.1) is 0 Å². The average molecular weight is 378 g/mol.